The molecule has 1 aromatic carbocycles. The molecule has 1 aromatic heterocycles. The van der Waals surface area contributed by atoms with Gasteiger partial charge >= 0.3 is 0 Å². The van der Waals surface area contributed by atoms with Gasteiger partial charge in [-0.1, -0.05) is 17.3 Å². The number of nitrogens with one attached hydrogen (secondary N) is 2. The number of quaternary nitrogens is 2. The molecule has 0 atom stereocenters. The van der Waals surface area contributed by atoms with Crippen LogP contribution in [-0.2, 0) is 6.61 Å². The van der Waals surface area contributed by atoms with Crippen LogP contribution in [0.4, 0.5) is 0 Å². The Hall–Kier alpha value is -2.05. The first-order valence-electron chi connectivity index (χ1n) is 8.62. The molecule has 130 valence electrons. The number of benzene rings is 1. The highest BCUT2D eigenvalue weighted by molar-refractivity contribution is 5.39. The van der Waals surface area contributed by atoms with Crippen molar-refractivity contribution in [2.45, 2.75) is 13.5 Å². The molecule has 1 aliphatic heterocycles. The van der Waals surface area contributed by atoms with Gasteiger partial charge in [-0.05, 0) is 19.1 Å². The first-order valence-corrected chi connectivity index (χ1v) is 8.62. The standard InChI is InChI=1S/C18H25N3O3/c1-15-13-16(19-24-15)14-23-18-6-4-3-5-17(18)22-12-11-21-9-7-20(2)8-10-21/h3-6,13H,7-12,14H2,1-2H3/p+2. The maximum Gasteiger partial charge on any atom is 0.161 e. The normalized spacial score (nSPS) is 20.8. The van der Waals surface area contributed by atoms with Crippen molar-refractivity contribution in [3.05, 3.63) is 41.8 Å². The molecule has 1 fully saturated rings. The van der Waals surface area contributed by atoms with E-state index in [2.05, 4.69) is 12.2 Å². The molecule has 24 heavy (non-hydrogen) atoms. The molecule has 2 heterocycles. The summed E-state index contributed by atoms with van der Waals surface area (Å²) in [6, 6.07) is 9.67. The Morgan fingerprint density at radius 3 is 2.46 bits per heavy atom. The molecule has 6 heteroatoms. The number of aromatic nitrogens is 1. The van der Waals surface area contributed by atoms with E-state index < -0.39 is 0 Å². The first kappa shape index (κ1) is 16.8. The maximum atomic E-state index is 5.96. The van der Waals surface area contributed by atoms with Crippen molar-refractivity contribution in [1.82, 2.24) is 5.16 Å². The number of aryl methyl sites for hydroxylation is 1. The number of likely N-dealkylation sites (N-methyl/N-ethyl adjacent to an activating group) is 1. The minimum atomic E-state index is 0.379. The Kier molecular flexibility index (Phi) is 5.72. The molecule has 0 radical (unpaired) electrons. The number of piperazine rings is 1. The van der Waals surface area contributed by atoms with Crippen molar-refractivity contribution in [3.8, 4) is 11.5 Å². The van der Waals surface area contributed by atoms with Gasteiger partial charge in [0.2, 0.25) is 0 Å². The van der Waals surface area contributed by atoms with Crippen molar-refractivity contribution in [2.75, 3.05) is 46.4 Å². The van der Waals surface area contributed by atoms with Gasteiger partial charge in [0.15, 0.2) is 11.5 Å². The second-order valence-corrected chi connectivity index (χ2v) is 6.47. The van der Waals surface area contributed by atoms with Crippen molar-refractivity contribution < 1.29 is 23.8 Å². The molecule has 1 aliphatic rings. The van der Waals surface area contributed by atoms with Crippen LogP contribution in [0.1, 0.15) is 11.5 Å². The molecular formula is C18H27N3O3+2. The van der Waals surface area contributed by atoms with Crippen LogP contribution in [0, 0.1) is 6.92 Å². The molecule has 0 spiro atoms. The van der Waals surface area contributed by atoms with Crippen molar-refractivity contribution in [2.24, 2.45) is 0 Å². The third-order valence-corrected chi connectivity index (χ3v) is 4.43. The molecule has 6 nitrogen and oxygen atoms in total. The molecular weight excluding hydrogens is 306 g/mol. The molecule has 0 aliphatic carbocycles. The van der Waals surface area contributed by atoms with Gasteiger partial charge in [0, 0.05) is 6.07 Å². The lowest BCUT2D eigenvalue weighted by molar-refractivity contribution is -1.00. The minimum Gasteiger partial charge on any atom is -0.484 e. The summed E-state index contributed by atoms with van der Waals surface area (Å²) in [6.45, 7) is 8.91. The lowest BCUT2D eigenvalue weighted by Gasteiger charge is -2.27. The van der Waals surface area contributed by atoms with Crippen LogP contribution in [0.25, 0.3) is 0 Å². The molecule has 0 unspecified atom stereocenters. The first-order chi connectivity index (χ1) is 11.7. The van der Waals surface area contributed by atoms with E-state index in [1.807, 2.05) is 37.3 Å². The van der Waals surface area contributed by atoms with Gasteiger partial charge < -0.3 is 23.8 Å². The molecule has 0 amide bonds. The Balaban J connectivity index is 1.48. The van der Waals surface area contributed by atoms with Crippen molar-refractivity contribution in [1.29, 1.82) is 0 Å². The van der Waals surface area contributed by atoms with E-state index in [9.17, 15) is 0 Å². The van der Waals surface area contributed by atoms with Crippen LogP contribution in [0.3, 0.4) is 0 Å². The van der Waals surface area contributed by atoms with Crippen LogP contribution in [0.2, 0.25) is 0 Å². The van der Waals surface area contributed by atoms with Gasteiger partial charge in [-0.2, -0.15) is 0 Å². The van der Waals surface area contributed by atoms with Gasteiger partial charge in [0.05, 0.1) is 7.05 Å². The fraction of sp³-hybridized carbons (Fsp3) is 0.500. The van der Waals surface area contributed by atoms with Crippen LogP contribution in [0.15, 0.2) is 34.9 Å². The summed E-state index contributed by atoms with van der Waals surface area (Å²) in [6.07, 6.45) is 0. The molecule has 2 N–H and O–H groups in total. The van der Waals surface area contributed by atoms with Crippen LogP contribution < -0.4 is 19.3 Å². The number of nitrogens with zero attached hydrogens (tertiary/aromatic N) is 1. The van der Waals surface area contributed by atoms with E-state index in [0.717, 1.165) is 29.5 Å². The quantitative estimate of drug-likeness (QED) is 0.707. The highest BCUT2D eigenvalue weighted by Crippen LogP contribution is 2.27. The Labute approximate surface area is 142 Å². The topological polar surface area (TPSA) is 53.4 Å². The monoisotopic (exact) mass is 333 g/mol. The van der Waals surface area contributed by atoms with Crippen molar-refractivity contribution in [3.63, 3.8) is 0 Å². The lowest BCUT2D eigenvalue weighted by atomic mass is 10.3. The summed E-state index contributed by atoms with van der Waals surface area (Å²) in [5.74, 6) is 2.32. The fourth-order valence-corrected chi connectivity index (χ4v) is 2.91. The zero-order valence-electron chi connectivity index (χ0n) is 14.5. The van der Waals surface area contributed by atoms with E-state index in [1.54, 1.807) is 9.80 Å². The Morgan fingerprint density at radius 2 is 1.79 bits per heavy atom. The molecule has 0 saturated carbocycles. The number of hydrogen-bond donors (Lipinski definition) is 2. The second-order valence-electron chi connectivity index (χ2n) is 6.47. The summed E-state index contributed by atoms with van der Waals surface area (Å²) >= 11 is 0. The highest BCUT2D eigenvalue weighted by atomic mass is 16.5. The van der Waals surface area contributed by atoms with E-state index in [0.29, 0.717) is 13.2 Å². The third-order valence-electron chi connectivity index (χ3n) is 4.43. The zero-order chi connectivity index (χ0) is 16.8. The van der Waals surface area contributed by atoms with Gasteiger partial charge in [0.1, 0.15) is 57.4 Å². The number of hydrogen-bond acceptors (Lipinski definition) is 4. The number of ether oxygens (including phenoxy) is 2. The molecule has 1 saturated heterocycles. The average molecular weight is 333 g/mol. The zero-order valence-corrected chi connectivity index (χ0v) is 14.5. The fourth-order valence-electron chi connectivity index (χ4n) is 2.91. The lowest BCUT2D eigenvalue weighted by Crippen LogP contribution is -3.27. The summed E-state index contributed by atoms with van der Waals surface area (Å²) in [5, 5.41) is 3.94. The Bertz CT molecular complexity index is 636. The molecule has 3 rings (SSSR count). The minimum absolute atomic E-state index is 0.379. The van der Waals surface area contributed by atoms with Crippen LogP contribution in [0.5, 0.6) is 11.5 Å². The third kappa shape index (κ3) is 4.72. The smallest absolute Gasteiger partial charge is 0.161 e. The maximum absolute atomic E-state index is 5.96. The number of rotatable bonds is 7. The van der Waals surface area contributed by atoms with E-state index in [4.69, 9.17) is 14.0 Å². The van der Waals surface area contributed by atoms with E-state index >= 15 is 0 Å². The number of para-hydroxylation sites is 2. The SMILES string of the molecule is Cc1cc(COc2ccccc2OCC[NH+]2CC[NH+](C)CC2)no1. The molecule has 2 aromatic rings. The van der Waals surface area contributed by atoms with E-state index in [-0.39, 0.29) is 0 Å². The van der Waals surface area contributed by atoms with Gasteiger partial charge in [-0.25, -0.2) is 0 Å². The van der Waals surface area contributed by atoms with Crippen LogP contribution >= 0.6 is 0 Å². The van der Waals surface area contributed by atoms with Gasteiger partial charge in [-0.15, -0.1) is 0 Å². The summed E-state index contributed by atoms with van der Waals surface area (Å²) < 4.78 is 16.9. The molecule has 0 bridgehead atoms. The summed E-state index contributed by atoms with van der Waals surface area (Å²) in [7, 11) is 2.26. The average Bonchev–Trinajstić information content (AvgIpc) is 3.01. The van der Waals surface area contributed by atoms with Crippen molar-refractivity contribution >= 4 is 0 Å². The van der Waals surface area contributed by atoms with E-state index in [1.165, 1.54) is 26.2 Å². The largest absolute Gasteiger partial charge is 0.484 e. The predicted octanol–water partition coefficient (Wildman–Crippen LogP) is -0.646. The van der Waals surface area contributed by atoms with Gasteiger partial charge in [-0.3, -0.25) is 0 Å². The Morgan fingerprint density at radius 1 is 1.08 bits per heavy atom. The summed E-state index contributed by atoms with van der Waals surface area (Å²) in [5.41, 5.74) is 0.784. The second kappa shape index (κ2) is 8.17. The highest BCUT2D eigenvalue weighted by Gasteiger charge is 2.19. The van der Waals surface area contributed by atoms with Crippen LogP contribution in [-0.4, -0.2) is 51.5 Å². The predicted molar refractivity (Wildman–Crippen MR) is 89.7 cm³/mol. The van der Waals surface area contributed by atoms with Gasteiger partial charge in [0.25, 0.3) is 0 Å². The summed E-state index contributed by atoms with van der Waals surface area (Å²) in [4.78, 5) is 3.25.